The predicted octanol–water partition coefficient (Wildman–Crippen LogP) is 6.10. The van der Waals surface area contributed by atoms with Crippen molar-refractivity contribution in [1.29, 1.82) is 0 Å². The Morgan fingerprint density at radius 2 is 1.55 bits per heavy atom. The van der Waals surface area contributed by atoms with Crippen molar-refractivity contribution in [2.24, 2.45) is 0 Å². The van der Waals surface area contributed by atoms with Gasteiger partial charge in [-0.25, -0.2) is 8.78 Å². The molecule has 20 heavy (non-hydrogen) atoms. The Morgan fingerprint density at radius 1 is 0.950 bits per heavy atom. The normalized spacial score (nSPS) is 12.3. The Balaban J connectivity index is 2.27. The summed E-state index contributed by atoms with van der Waals surface area (Å²) < 4.78 is 26.1. The SMILES string of the molecule is CC(Nc1c(Cl)cc(Cl)cc1Cl)c1ccc(F)c(F)c1. The summed E-state index contributed by atoms with van der Waals surface area (Å²) in [5, 5.41) is 4.20. The van der Waals surface area contributed by atoms with E-state index in [2.05, 4.69) is 5.32 Å². The fraction of sp³-hybridized carbons (Fsp3) is 0.143. The Kier molecular flexibility index (Phi) is 4.74. The van der Waals surface area contributed by atoms with Gasteiger partial charge >= 0.3 is 0 Å². The standard InChI is InChI=1S/C14H10Cl3F2N/c1-7(8-2-3-12(18)13(19)4-8)20-14-10(16)5-9(15)6-11(14)17/h2-7,20H,1H3. The molecule has 0 saturated heterocycles. The van der Waals surface area contributed by atoms with E-state index in [0.29, 0.717) is 26.3 Å². The summed E-state index contributed by atoms with van der Waals surface area (Å²) in [5.74, 6) is -1.78. The van der Waals surface area contributed by atoms with Crippen LogP contribution in [0.15, 0.2) is 30.3 Å². The van der Waals surface area contributed by atoms with E-state index in [1.807, 2.05) is 0 Å². The summed E-state index contributed by atoms with van der Waals surface area (Å²) in [6, 6.07) is 6.50. The van der Waals surface area contributed by atoms with Gasteiger partial charge in [-0.15, -0.1) is 0 Å². The molecule has 0 heterocycles. The lowest BCUT2D eigenvalue weighted by Crippen LogP contribution is -2.08. The highest BCUT2D eigenvalue weighted by atomic mass is 35.5. The summed E-state index contributed by atoms with van der Waals surface area (Å²) in [6.45, 7) is 1.79. The van der Waals surface area contributed by atoms with E-state index in [-0.39, 0.29) is 6.04 Å². The molecule has 2 aromatic carbocycles. The number of anilines is 1. The highest BCUT2D eigenvalue weighted by Gasteiger charge is 2.13. The zero-order valence-electron chi connectivity index (χ0n) is 10.4. The number of hydrogen-bond acceptors (Lipinski definition) is 1. The van der Waals surface area contributed by atoms with Crippen molar-refractivity contribution in [2.45, 2.75) is 13.0 Å². The fourth-order valence-electron chi connectivity index (χ4n) is 1.76. The van der Waals surface area contributed by atoms with Gasteiger partial charge in [0.25, 0.3) is 0 Å². The minimum atomic E-state index is -0.899. The molecule has 0 aromatic heterocycles. The minimum absolute atomic E-state index is 0.304. The van der Waals surface area contributed by atoms with Gasteiger partial charge in [-0.2, -0.15) is 0 Å². The van der Waals surface area contributed by atoms with E-state index in [0.717, 1.165) is 12.1 Å². The molecule has 0 aliphatic carbocycles. The van der Waals surface area contributed by atoms with Crippen LogP contribution in [0.25, 0.3) is 0 Å². The second-order valence-electron chi connectivity index (χ2n) is 4.28. The number of hydrogen-bond donors (Lipinski definition) is 1. The highest BCUT2D eigenvalue weighted by Crippen LogP contribution is 2.35. The van der Waals surface area contributed by atoms with E-state index >= 15 is 0 Å². The fourth-order valence-corrected chi connectivity index (χ4v) is 2.69. The maximum atomic E-state index is 13.2. The first-order valence-electron chi connectivity index (χ1n) is 5.74. The first kappa shape index (κ1) is 15.4. The number of benzene rings is 2. The zero-order valence-corrected chi connectivity index (χ0v) is 12.6. The van der Waals surface area contributed by atoms with Gasteiger partial charge in [-0.1, -0.05) is 40.9 Å². The first-order valence-corrected chi connectivity index (χ1v) is 6.88. The molecular weight excluding hydrogens is 327 g/mol. The number of rotatable bonds is 3. The highest BCUT2D eigenvalue weighted by molar-refractivity contribution is 6.41. The number of nitrogens with one attached hydrogen (secondary N) is 1. The van der Waals surface area contributed by atoms with E-state index in [1.165, 1.54) is 6.07 Å². The van der Waals surface area contributed by atoms with E-state index < -0.39 is 11.6 Å². The molecule has 2 aromatic rings. The average Bonchev–Trinajstić information content (AvgIpc) is 2.36. The minimum Gasteiger partial charge on any atom is -0.376 e. The topological polar surface area (TPSA) is 12.0 Å². The Bertz CT molecular complexity index is 623. The lowest BCUT2D eigenvalue weighted by Gasteiger charge is -2.18. The molecule has 1 unspecified atom stereocenters. The first-order chi connectivity index (χ1) is 9.38. The Morgan fingerprint density at radius 3 is 2.10 bits per heavy atom. The van der Waals surface area contributed by atoms with Crippen molar-refractivity contribution in [1.82, 2.24) is 0 Å². The monoisotopic (exact) mass is 335 g/mol. The molecule has 0 spiro atoms. The predicted molar refractivity (Wildman–Crippen MR) is 79.9 cm³/mol. The van der Waals surface area contributed by atoms with Gasteiger partial charge in [-0.05, 0) is 36.8 Å². The smallest absolute Gasteiger partial charge is 0.159 e. The van der Waals surface area contributed by atoms with E-state index in [4.69, 9.17) is 34.8 Å². The van der Waals surface area contributed by atoms with Crippen molar-refractivity contribution >= 4 is 40.5 Å². The summed E-state index contributed by atoms with van der Waals surface area (Å²) in [6.07, 6.45) is 0. The zero-order chi connectivity index (χ0) is 14.9. The molecule has 1 atom stereocenters. The molecule has 0 radical (unpaired) electrons. The lowest BCUT2D eigenvalue weighted by molar-refractivity contribution is 0.506. The summed E-state index contributed by atoms with van der Waals surface area (Å²) >= 11 is 17.9. The van der Waals surface area contributed by atoms with Crippen LogP contribution in [0, 0.1) is 11.6 Å². The maximum Gasteiger partial charge on any atom is 0.159 e. The van der Waals surface area contributed by atoms with Crippen molar-refractivity contribution in [2.75, 3.05) is 5.32 Å². The van der Waals surface area contributed by atoms with Crippen LogP contribution in [0.5, 0.6) is 0 Å². The summed E-state index contributed by atoms with van der Waals surface area (Å²) in [4.78, 5) is 0. The third-order valence-corrected chi connectivity index (χ3v) is 3.63. The maximum absolute atomic E-state index is 13.2. The van der Waals surface area contributed by atoms with Crippen molar-refractivity contribution in [3.8, 4) is 0 Å². The van der Waals surface area contributed by atoms with Gasteiger partial charge in [0.15, 0.2) is 11.6 Å². The van der Waals surface area contributed by atoms with Gasteiger partial charge in [0.1, 0.15) is 0 Å². The third-order valence-electron chi connectivity index (χ3n) is 2.81. The lowest BCUT2D eigenvalue weighted by atomic mass is 10.1. The summed E-state index contributed by atoms with van der Waals surface area (Å²) in [7, 11) is 0. The van der Waals surface area contributed by atoms with Crippen LogP contribution >= 0.6 is 34.8 Å². The molecule has 0 fully saturated rings. The van der Waals surface area contributed by atoms with Crippen molar-refractivity contribution in [3.05, 3.63) is 62.6 Å². The molecule has 0 saturated carbocycles. The second kappa shape index (κ2) is 6.17. The molecule has 2 rings (SSSR count). The van der Waals surface area contributed by atoms with Crippen LogP contribution in [-0.2, 0) is 0 Å². The molecule has 0 aliphatic heterocycles. The van der Waals surface area contributed by atoms with Gasteiger partial charge in [0.2, 0.25) is 0 Å². The van der Waals surface area contributed by atoms with Gasteiger partial charge in [-0.3, -0.25) is 0 Å². The second-order valence-corrected chi connectivity index (χ2v) is 5.53. The molecule has 6 heteroatoms. The van der Waals surface area contributed by atoms with Crippen LogP contribution in [0.3, 0.4) is 0 Å². The van der Waals surface area contributed by atoms with E-state index in [1.54, 1.807) is 19.1 Å². The molecule has 0 bridgehead atoms. The van der Waals surface area contributed by atoms with Crippen molar-refractivity contribution in [3.63, 3.8) is 0 Å². The molecule has 0 amide bonds. The van der Waals surface area contributed by atoms with Crippen LogP contribution in [0.2, 0.25) is 15.1 Å². The molecule has 106 valence electrons. The summed E-state index contributed by atoms with van der Waals surface area (Å²) in [5.41, 5.74) is 1.07. The van der Waals surface area contributed by atoms with Crippen LogP contribution in [-0.4, -0.2) is 0 Å². The Hall–Kier alpha value is -1.03. The van der Waals surface area contributed by atoms with Crippen LogP contribution in [0.4, 0.5) is 14.5 Å². The van der Waals surface area contributed by atoms with E-state index in [9.17, 15) is 8.78 Å². The van der Waals surface area contributed by atoms with Crippen LogP contribution in [0.1, 0.15) is 18.5 Å². The quantitative estimate of drug-likeness (QED) is 0.714. The largest absolute Gasteiger partial charge is 0.376 e. The average molecular weight is 337 g/mol. The van der Waals surface area contributed by atoms with Gasteiger partial charge in [0, 0.05) is 11.1 Å². The van der Waals surface area contributed by atoms with Gasteiger partial charge < -0.3 is 5.32 Å². The molecule has 1 N–H and O–H groups in total. The molecular formula is C14H10Cl3F2N. The third kappa shape index (κ3) is 3.35. The number of halogens is 5. The molecule has 1 nitrogen and oxygen atoms in total. The van der Waals surface area contributed by atoms with Gasteiger partial charge in [0.05, 0.1) is 15.7 Å². The van der Waals surface area contributed by atoms with Crippen LogP contribution < -0.4 is 5.32 Å². The van der Waals surface area contributed by atoms with Crippen molar-refractivity contribution < 1.29 is 8.78 Å². The Labute approximate surface area is 130 Å². The molecule has 0 aliphatic rings.